The number of aryl methyl sites for hydroxylation is 3. The quantitative estimate of drug-likeness (QED) is 0.253. The molecule has 0 N–H and O–H groups in total. The molecule has 0 fully saturated rings. The van der Waals surface area contributed by atoms with Gasteiger partial charge in [0, 0.05) is 0 Å². The summed E-state index contributed by atoms with van der Waals surface area (Å²) >= 11 is 0. The number of unbranched alkanes of at least 4 members (excludes halogenated alkanes) is 2. The van der Waals surface area contributed by atoms with E-state index in [4.69, 9.17) is 0 Å². The molecule has 170 valence electrons. The molecule has 3 aromatic rings. The molecule has 0 bridgehead atoms. The van der Waals surface area contributed by atoms with Crippen molar-refractivity contribution in [2.75, 3.05) is 0 Å². The van der Waals surface area contributed by atoms with Crippen LogP contribution < -0.4 is 0 Å². The van der Waals surface area contributed by atoms with Crippen molar-refractivity contribution in [2.24, 2.45) is 5.92 Å². The van der Waals surface area contributed by atoms with E-state index in [0.29, 0.717) is 0 Å². The summed E-state index contributed by atoms with van der Waals surface area (Å²) in [7, 11) is 0. The first kappa shape index (κ1) is 24.3. The minimum absolute atomic E-state index is 0.860. The monoisotopic (exact) mass is 426 g/mol. The smallest absolute Gasteiger partial charge is 0.0152 e. The van der Waals surface area contributed by atoms with Gasteiger partial charge in [-0.3, -0.25) is 0 Å². The Morgan fingerprint density at radius 3 is 1.78 bits per heavy atom. The SMILES string of the molecule is CCCCCc1ccc(-c2ccc(-c3ccc(CCC(CC)CC)cc3)c(CC)c2)cc1. The van der Waals surface area contributed by atoms with E-state index in [1.807, 2.05) is 0 Å². The summed E-state index contributed by atoms with van der Waals surface area (Å²) in [6.07, 6.45) is 11.2. The molecule has 0 aromatic heterocycles. The van der Waals surface area contributed by atoms with Gasteiger partial charge >= 0.3 is 0 Å². The van der Waals surface area contributed by atoms with Gasteiger partial charge in [0.2, 0.25) is 0 Å². The van der Waals surface area contributed by atoms with Gasteiger partial charge in [-0.25, -0.2) is 0 Å². The molecule has 0 saturated carbocycles. The standard InChI is InChI=1S/C32H42/c1-5-9-10-11-26-14-18-29(19-15-26)31-22-23-32(28(8-4)24-31)30-20-16-27(17-21-30)13-12-25(6-2)7-3/h14-25H,5-13H2,1-4H3. The van der Waals surface area contributed by atoms with Gasteiger partial charge in [-0.1, -0.05) is 120 Å². The average molecular weight is 427 g/mol. The Kier molecular flexibility index (Phi) is 9.60. The zero-order chi connectivity index (χ0) is 22.8. The molecule has 0 aliphatic carbocycles. The molecular formula is C32H42. The molecule has 0 saturated heterocycles. The third kappa shape index (κ3) is 6.58. The highest BCUT2D eigenvalue weighted by Crippen LogP contribution is 2.30. The van der Waals surface area contributed by atoms with Crippen molar-refractivity contribution in [2.45, 2.75) is 85.5 Å². The van der Waals surface area contributed by atoms with Crippen molar-refractivity contribution in [3.8, 4) is 22.3 Å². The van der Waals surface area contributed by atoms with E-state index in [9.17, 15) is 0 Å². The minimum atomic E-state index is 0.860. The maximum Gasteiger partial charge on any atom is -0.0152 e. The van der Waals surface area contributed by atoms with E-state index < -0.39 is 0 Å². The van der Waals surface area contributed by atoms with Crippen molar-refractivity contribution < 1.29 is 0 Å². The lowest BCUT2D eigenvalue weighted by molar-refractivity contribution is 0.456. The Balaban J connectivity index is 1.72. The van der Waals surface area contributed by atoms with Gasteiger partial charge in [0.05, 0.1) is 0 Å². The lowest BCUT2D eigenvalue weighted by Gasteiger charge is -2.14. The Labute approximate surface area is 197 Å². The first-order valence-corrected chi connectivity index (χ1v) is 13.0. The molecule has 3 rings (SSSR count). The van der Waals surface area contributed by atoms with Crippen LogP contribution in [0, 0.1) is 5.92 Å². The van der Waals surface area contributed by atoms with Crippen LogP contribution >= 0.6 is 0 Å². The molecule has 32 heavy (non-hydrogen) atoms. The predicted molar refractivity (Wildman–Crippen MR) is 142 cm³/mol. The molecule has 0 heteroatoms. The summed E-state index contributed by atoms with van der Waals surface area (Å²) in [6, 6.07) is 25.5. The lowest BCUT2D eigenvalue weighted by atomic mass is 9.91. The van der Waals surface area contributed by atoms with Gasteiger partial charge in [-0.15, -0.1) is 0 Å². The molecule has 0 nitrogen and oxygen atoms in total. The van der Waals surface area contributed by atoms with Crippen LogP contribution in [0.5, 0.6) is 0 Å². The third-order valence-corrected chi connectivity index (χ3v) is 7.10. The Morgan fingerprint density at radius 1 is 0.594 bits per heavy atom. The third-order valence-electron chi connectivity index (χ3n) is 7.10. The van der Waals surface area contributed by atoms with Crippen molar-refractivity contribution in [1.82, 2.24) is 0 Å². The predicted octanol–water partition coefficient (Wildman–Crippen LogP) is 9.68. The summed E-state index contributed by atoms with van der Waals surface area (Å²) in [4.78, 5) is 0. The Morgan fingerprint density at radius 2 is 1.19 bits per heavy atom. The Hall–Kier alpha value is -2.34. The van der Waals surface area contributed by atoms with Gasteiger partial charge in [-0.05, 0) is 77.0 Å². The molecule has 0 amide bonds. The Bertz CT molecular complexity index is 927. The summed E-state index contributed by atoms with van der Waals surface area (Å²) in [5.74, 6) is 0.860. The zero-order valence-electron chi connectivity index (χ0n) is 20.8. The second kappa shape index (κ2) is 12.6. The van der Waals surface area contributed by atoms with E-state index in [2.05, 4.69) is 94.4 Å². The van der Waals surface area contributed by atoms with Crippen LogP contribution in [0.2, 0.25) is 0 Å². The maximum atomic E-state index is 2.39. The second-order valence-corrected chi connectivity index (χ2v) is 9.30. The maximum absolute atomic E-state index is 2.39. The van der Waals surface area contributed by atoms with E-state index >= 15 is 0 Å². The topological polar surface area (TPSA) is 0 Å². The first-order chi connectivity index (χ1) is 15.7. The van der Waals surface area contributed by atoms with Crippen LogP contribution in [0.15, 0.2) is 66.7 Å². The van der Waals surface area contributed by atoms with Crippen LogP contribution in [0.25, 0.3) is 22.3 Å². The van der Waals surface area contributed by atoms with Gasteiger partial charge < -0.3 is 0 Å². The fourth-order valence-corrected chi connectivity index (χ4v) is 4.71. The normalized spacial score (nSPS) is 11.3. The molecule has 0 aliphatic heterocycles. The van der Waals surface area contributed by atoms with Crippen molar-refractivity contribution in [3.05, 3.63) is 83.4 Å². The summed E-state index contributed by atoms with van der Waals surface area (Å²) < 4.78 is 0. The number of benzene rings is 3. The number of rotatable bonds is 12. The molecule has 0 atom stereocenters. The molecular weight excluding hydrogens is 384 g/mol. The zero-order valence-corrected chi connectivity index (χ0v) is 20.8. The van der Waals surface area contributed by atoms with Crippen molar-refractivity contribution >= 4 is 0 Å². The highest BCUT2D eigenvalue weighted by molar-refractivity contribution is 5.74. The van der Waals surface area contributed by atoms with Crippen molar-refractivity contribution in [1.29, 1.82) is 0 Å². The minimum Gasteiger partial charge on any atom is -0.0654 e. The van der Waals surface area contributed by atoms with Gasteiger partial charge in [0.15, 0.2) is 0 Å². The molecule has 0 spiro atoms. The van der Waals surface area contributed by atoms with Crippen LogP contribution in [0.3, 0.4) is 0 Å². The number of hydrogen-bond acceptors (Lipinski definition) is 0. The van der Waals surface area contributed by atoms with Gasteiger partial charge in [0.25, 0.3) is 0 Å². The van der Waals surface area contributed by atoms with Crippen LogP contribution in [-0.2, 0) is 19.3 Å². The molecule has 3 aromatic carbocycles. The van der Waals surface area contributed by atoms with Crippen molar-refractivity contribution in [3.63, 3.8) is 0 Å². The van der Waals surface area contributed by atoms with Crippen LogP contribution in [-0.4, -0.2) is 0 Å². The average Bonchev–Trinajstić information content (AvgIpc) is 2.85. The van der Waals surface area contributed by atoms with E-state index in [0.717, 1.165) is 12.3 Å². The fraction of sp³-hybridized carbons (Fsp3) is 0.438. The highest BCUT2D eigenvalue weighted by atomic mass is 14.1. The molecule has 0 unspecified atom stereocenters. The fourth-order valence-electron chi connectivity index (χ4n) is 4.71. The molecule has 0 heterocycles. The van der Waals surface area contributed by atoms with E-state index in [1.165, 1.54) is 90.3 Å². The van der Waals surface area contributed by atoms with Crippen LogP contribution in [0.1, 0.15) is 82.9 Å². The molecule has 0 radical (unpaired) electrons. The lowest BCUT2D eigenvalue weighted by Crippen LogP contribution is -1.99. The van der Waals surface area contributed by atoms with Gasteiger partial charge in [0.1, 0.15) is 0 Å². The first-order valence-electron chi connectivity index (χ1n) is 13.0. The summed E-state index contributed by atoms with van der Waals surface area (Å²) in [6.45, 7) is 9.16. The summed E-state index contributed by atoms with van der Waals surface area (Å²) in [5.41, 5.74) is 9.71. The largest absolute Gasteiger partial charge is 0.0654 e. The van der Waals surface area contributed by atoms with Gasteiger partial charge in [-0.2, -0.15) is 0 Å². The summed E-state index contributed by atoms with van der Waals surface area (Å²) in [5, 5.41) is 0. The highest BCUT2D eigenvalue weighted by Gasteiger charge is 2.08. The van der Waals surface area contributed by atoms with E-state index in [-0.39, 0.29) is 0 Å². The second-order valence-electron chi connectivity index (χ2n) is 9.30. The van der Waals surface area contributed by atoms with Crippen LogP contribution in [0.4, 0.5) is 0 Å². The number of hydrogen-bond donors (Lipinski definition) is 0. The molecule has 0 aliphatic rings. The van der Waals surface area contributed by atoms with E-state index in [1.54, 1.807) is 0 Å².